The molecule has 102 valence electrons. The molecule has 0 saturated carbocycles. The van der Waals surface area contributed by atoms with Crippen LogP contribution < -0.4 is 10.1 Å². The Morgan fingerprint density at radius 3 is 2.44 bits per heavy atom. The van der Waals surface area contributed by atoms with Crippen LogP contribution in [0.3, 0.4) is 0 Å². The van der Waals surface area contributed by atoms with Crippen molar-refractivity contribution in [3.63, 3.8) is 0 Å². The summed E-state index contributed by atoms with van der Waals surface area (Å²) < 4.78 is 5.91. The zero-order valence-corrected chi connectivity index (χ0v) is 12.4. The molecule has 0 saturated heterocycles. The SMILES string of the molecule is CCNC(COc1cccc(C(C)C)c1)C(C)C. The lowest BCUT2D eigenvalue weighted by Crippen LogP contribution is -2.38. The Balaban J connectivity index is 2.58. The molecule has 0 bridgehead atoms. The highest BCUT2D eigenvalue weighted by Gasteiger charge is 2.12. The molecule has 1 unspecified atom stereocenters. The molecule has 0 amide bonds. The van der Waals surface area contributed by atoms with Crippen LogP contribution in [0, 0.1) is 5.92 Å². The van der Waals surface area contributed by atoms with Crippen LogP contribution in [0.2, 0.25) is 0 Å². The van der Waals surface area contributed by atoms with E-state index in [1.54, 1.807) is 0 Å². The molecule has 1 aromatic carbocycles. The van der Waals surface area contributed by atoms with Crippen molar-refractivity contribution in [1.82, 2.24) is 5.32 Å². The highest BCUT2D eigenvalue weighted by atomic mass is 16.5. The quantitative estimate of drug-likeness (QED) is 0.793. The number of ether oxygens (including phenoxy) is 1. The molecular formula is C16H27NO. The monoisotopic (exact) mass is 249 g/mol. The first-order valence-electron chi connectivity index (χ1n) is 7.00. The van der Waals surface area contributed by atoms with Crippen molar-refractivity contribution in [1.29, 1.82) is 0 Å². The summed E-state index contributed by atoms with van der Waals surface area (Å²) in [5.41, 5.74) is 1.33. The molecule has 0 heterocycles. The van der Waals surface area contributed by atoms with Crippen LogP contribution in [0.1, 0.15) is 46.1 Å². The Hall–Kier alpha value is -1.02. The van der Waals surface area contributed by atoms with Gasteiger partial charge in [-0.1, -0.05) is 46.8 Å². The van der Waals surface area contributed by atoms with Gasteiger partial charge in [-0.2, -0.15) is 0 Å². The van der Waals surface area contributed by atoms with E-state index >= 15 is 0 Å². The van der Waals surface area contributed by atoms with Gasteiger partial charge in [0.15, 0.2) is 0 Å². The third-order valence-corrected chi connectivity index (χ3v) is 3.23. The third-order valence-electron chi connectivity index (χ3n) is 3.23. The van der Waals surface area contributed by atoms with Crippen molar-refractivity contribution in [2.24, 2.45) is 5.92 Å². The van der Waals surface area contributed by atoms with Gasteiger partial charge in [-0.05, 0) is 36.1 Å². The molecule has 1 rings (SSSR count). The number of hydrogen-bond donors (Lipinski definition) is 1. The summed E-state index contributed by atoms with van der Waals surface area (Å²) in [6, 6.07) is 8.82. The molecule has 2 nitrogen and oxygen atoms in total. The minimum Gasteiger partial charge on any atom is -0.492 e. The van der Waals surface area contributed by atoms with E-state index in [1.165, 1.54) is 5.56 Å². The van der Waals surface area contributed by atoms with Crippen LogP contribution in [-0.4, -0.2) is 19.2 Å². The average Bonchev–Trinajstić information content (AvgIpc) is 2.34. The van der Waals surface area contributed by atoms with Crippen molar-refractivity contribution in [2.45, 2.75) is 46.6 Å². The van der Waals surface area contributed by atoms with Crippen LogP contribution >= 0.6 is 0 Å². The van der Waals surface area contributed by atoms with E-state index < -0.39 is 0 Å². The van der Waals surface area contributed by atoms with Crippen LogP contribution in [0.4, 0.5) is 0 Å². The fourth-order valence-electron chi connectivity index (χ4n) is 1.90. The van der Waals surface area contributed by atoms with E-state index in [0.717, 1.165) is 18.9 Å². The lowest BCUT2D eigenvalue weighted by Gasteiger charge is -2.22. The third kappa shape index (κ3) is 4.69. The maximum Gasteiger partial charge on any atom is 0.119 e. The molecule has 0 fully saturated rings. The molecule has 1 aromatic rings. The van der Waals surface area contributed by atoms with Gasteiger partial charge in [0, 0.05) is 6.04 Å². The highest BCUT2D eigenvalue weighted by molar-refractivity contribution is 5.30. The van der Waals surface area contributed by atoms with Crippen LogP contribution in [-0.2, 0) is 0 Å². The Bertz CT molecular complexity index is 347. The number of likely N-dealkylation sites (N-methyl/N-ethyl adjacent to an activating group) is 1. The molecular weight excluding hydrogens is 222 g/mol. The maximum atomic E-state index is 5.91. The first kappa shape index (κ1) is 15.0. The molecule has 0 aromatic heterocycles. The zero-order valence-electron chi connectivity index (χ0n) is 12.4. The average molecular weight is 249 g/mol. The summed E-state index contributed by atoms with van der Waals surface area (Å²) in [4.78, 5) is 0. The minimum atomic E-state index is 0.415. The van der Waals surface area contributed by atoms with Gasteiger partial charge >= 0.3 is 0 Å². The predicted octanol–water partition coefficient (Wildman–Crippen LogP) is 3.82. The lowest BCUT2D eigenvalue weighted by atomic mass is 10.0. The van der Waals surface area contributed by atoms with E-state index in [2.05, 4.69) is 58.1 Å². The summed E-state index contributed by atoms with van der Waals surface area (Å²) in [5.74, 6) is 2.10. The number of rotatable bonds is 7. The topological polar surface area (TPSA) is 21.3 Å². The number of hydrogen-bond acceptors (Lipinski definition) is 2. The summed E-state index contributed by atoms with van der Waals surface area (Å²) in [6.45, 7) is 12.7. The van der Waals surface area contributed by atoms with Gasteiger partial charge in [-0.3, -0.25) is 0 Å². The second-order valence-electron chi connectivity index (χ2n) is 5.45. The summed E-state index contributed by atoms with van der Waals surface area (Å²) in [5, 5.41) is 3.46. The summed E-state index contributed by atoms with van der Waals surface area (Å²) in [6.07, 6.45) is 0. The Kier molecular flexibility index (Phi) is 6.20. The molecule has 0 aliphatic carbocycles. The molecule has 0 radical (unpaired) electrons. The first-order chi connectivity index (χ1) is 8.54. The van der Waals surface area contributed by atoms with E-state index in [1.807, 2.05) is 6.07 Å². The second kappa shape index (κ2) is 7.42. The lowest BCUT2D eigenvalue weighted by molar-refractivity contribution is 0.232. The van der Waals surface area contributed by atoms with Crippen molar-refractivity contribution in [3.05, 3.63) is 29.8 Å². The van der Waals surface area contributed by atoms with Gasteiger partial charge in [0.2, 0.25) is 0 Å². The minimum absolute atomic E-state index is 0.415. The first-order valence-corrected chi connectivity index (χ1v) is 7.00. The predicted molar refractivity (Wildman–Crippen MR) is 78.3 cm³/mol. The van der Waals surface area contributed by atoms with Crippen LogP contribution in [0.25, 0.3) is 0 Å². The molecule has 1 N–H and O–H groups in total. The van der Waals surface area contributed by atoms with Crippen molar-refractivity contribution in [3.8, 4) is 5.75 Å². The summed E-state index contributed by atoms with van der Waals surface area (Å²) >= 11 is 0. The molecule has 1 atom stereocenters. The largest absolute Gasteiger partial charge is 0.492 e. The summed E-state index contributed by atoms with van der Waals surface area (Å²) in [7, 11) is 0. The van der Waals surface area contributed by atoms with Gasteiger partial charge in [0.25, 0.3) is 0 Å². The fourth-order valence-corrected chi connectivity index (χ4v) is 1.90. The van der Waals surface area contributed by atoms with Crippen molar-refractivity contribution < 1.29 is 4.74 Å². The second-order valence-corrected chi connectivity index (χ2v) is 5.45. The Morgan fingerprint density at radius 1 is 1.17 bits per heavy atom. The van der Waals surface area contributed by atoms with E-state index in [4.69, 9.17) is 4.74 Å². The van der Waals surface area contributed by atoms with Crippen molar-refractivity contribution >= 4 is 0 Å². The van der Waals surface area contributed by atoms with Gasteiger partial charge in [0.05, 0.1) is 0 Å². The van der Waals surface area contributed by atoms with Gasteiger partial charge in [-0.25, -0.2) is 0 Å². The van der Waals surface area contributed by atoms with E-state index in [0.29, 0.717) is 17.9 Å². The molecule has 2 heteroatoms. The highest BCUT2D eigenvalue weighted by Crippen LogP contribution is 2.20. The Labute approximate surface area is 112 Å². The van der Waals surface area contributed by atoms with Crippen LogP contribution in [0.5, 0.6) is 5.75 Å². The normalized spacial score (nSPS) is 13.1. The van der Waals surface area contributed by atoms with E-state index in [-0.39, 0.29) is 0 Å². The standard InChI is InChI=1S/C16H27NO/c1-6-17-16(13(4)5)11-18-15-9-7-8-14(10-15)12(2)3/h7-10,12-13,16-17H,6,11H2,1-5H3. The molecule has 0 aliphatic rings. The van der Waals surface area contributed by atoms with Gasteiger partial charge in [0.1, 0.15) is 12.4 Å². The smallest absolute Gasteiger partial charge is 0.119 e. The molecule has 18 heavy (non-hydrogen) atoms. The molecule has 0 spiro atoms. The van der Waals surface area contributed by atoms with Gasteiger partial charge in [-0.15, -0.1) is 0 Å². The maximum absolute atomic E-state index is 5.91. The Morgan fingerprint density at radius 2 is 1.89 bits per heavy atom. The zero-order chi connectivity index (χ0) is 13.5. The number of benzene rings is 1. The van der Waals surface area contributed by atoms with Crippen molar-refractivity contribution in [2.75, 3.05) is 13.2 Å². The molecule has 0 aliphatic heterocycles. The van der Waals surface area contributed by atoms with Gasteiger partial charge < -0.3 is 10.1 Å². The number of nitrogens with one attached hydrogen (secondary N) is 1. The van der Waals surface area contributed by atoms with E-state index in [9.17, 15) is 0 Å². The van der Waals surface area contributed by atoms with Crippen LogP contribution in [0.15, 0.2) is 24.3 Å². The fraction of sp³-hybridized carbons (Fsp3) is 0.625.